The lowest BCUT2D eigenvalue weighted by Gasteiger charge is -2.09. The summed E-state index contributed by atoms with van der Waals surface area (Å²) in [4.78, 5) is 21.3. The first-order valence-electron chi connectivity index (χ1n) is 7.93. The van der Waals surface area contributed by atoms with Gasteiger partial charge in [-0.15, -0.1) is 0 Å². The van der Waals surface area contributed by atoms with Crippen LogP contribution in [0, 0.1) is 11.6 Å². The molecule has 0 aliphatic rings. The Hall–Kier alpha value is -2.81. The average molecular weight is 435 g/mol. The lowest BCUT2D eigenvalue weighted by Crippen LogP contribution is -2.23. The van der Waals surface area contributed by atoms with Crippen LogP contribution in [0.15, 0.2) is 39.7 Å². The Labute approximate surface area is 160 Å². The topological polar surface area (TPSA) is 61.9 Å². The van der Waals surface area contributed by atoms with Gasteiger partial charge in [0.15, 0.2) is 5.65 Å². The lowest BCUT2D eigenvalue weighted by atomic mass is 10.2. The van der Waals surface area contributed by atoms with Gasteiger partial charge in [0.2, 0.25) is 5.88 Å². The lowest BCUT2D eigenvalue weighted by molar-refractivity contribution is 0.399. The molecule has 0 radical (unpaired) electrons. The number of nitrogens with zero attached hydrogens (tertiary/aromatic N) is 4. The van der Waals surface area contributed by atoms with Gasteiger partial charge in [-0.05, 0) is 18.2 Å². The Balaban J connectivity index is 2.01. The van der Waals surface area contributed by atoms with E-state index >= 15 is 0 Å². The molecule has 0 spiro atoms. The first kappa shape index (κ1) is 17.6. The van der Waals surface area contributed by atoms with E-state index in [9.17, 15) is 13.6 Å². The molecule has 6 nitrogen and oxygen atoms in total. The minimum Gasteiger partial charge on any atom is -0.481 e. The Bertz CT molecular complexity index is 1240. The maximum atomic E-state index is 14.3. The molecule has 0 atom stereocenters. The quantitative estimate of drug-likeness (QED) is 0.495. The minimum atomic E-state index is -0.732. The Morgan fingerprint density at radius 3 is 2.59 bits per heavy atom. The highest BCUT2D eigenvalue weighted by Crippen LogP contribution is 2.26. The molecule has 0 bridgehead atoms. The molecular formula is C18H13BrF2N4O2. The molecule has 3 aromatic heterocycles. The van der Waals surface area contributed by atoms with Crippen molar-refractivity contribution >= 4 is 38.0 Å². The molecule has 138 valence electrons. The Morgan fingerprint density at radius 2 is 1.93 bits per heavy atom. The molecule has 0 aliphatic heterocycles. The van der Waals surface area contributed by atoms with E-state index in [4.69, 9.17) is 4.74 Å². The highest BCUT2D eigenvalue weighted by atomic mass is 79.9. The van der Waals surface area contributed by atoms with Crippen molar-refractivity contribution in [3.63, 3.8) is 0 Å². The maximum Gasteiger partial charge on any atom is 0.329 e. The average Bonchev–Trinajstić information content (AvgIpc) is 2.88. The zero-order valence-corrected chi connectivity index (χ0v) is 15.9. The van der Waals surface area contributed by atoms with Crippen LogP contribution >= 0.6 is 15.9 Å². The van der Waals surface area contributed by atoms with Crippen molar-refractivity contribution in [2.75, 3.05) is 7.11 Å². The van der Waals surface area contributed by atoms with Crippen molar-refractivity contribution in [1.82, 2.24) is 19.1 Å². The maximum absolute atomic E-state index is 14.3. The van der Waals surface area contributed by atoms with Crippen LogP contribution in [0.5, 0.6) is 5.88 Å². The van der Waals surface area contributed by atoms with Crippen LogP contribution in [0.3, 0.4) is 0 Å². The van der Waals surface area contributed by atoms with E-state index in [1.807, 2.05) is 0 Å². The molecular weight excluding hydrogens is 422 g/mol. The van der Waals surface area contributed by atoms with Crippen molar-refractivity contribution in [2.45, 2.75) is 6.54 Å². The van der Waals surface area contributed by atoms with Gasteiger partial charge in [-0.2, -0.15) is 4.98 Å². The molecule has 0 saturated carbocycles. The molecule has 4 aromatic rings. The number of aryl methyl sites for hydroxylation is 1. The summed E-state index contributed by atoms with van der Waals surface area (Å²) in [6.45, 7) is -0.258. The molecule has 4 rings (SSSR count). The second kappa shape index (κ2) is 6.41. The zero-order valence-electron chi connectivity index (χ0n) is 14.3. The summed E-state index contributed by atoms with van der Waals surface area (Å²) in [5.41, 5.74) is 0.816. The number of benzene rings is 1. The third-order valence-corrected chi connectivity index (χ3v) is 4.89. The predicted molar refractivity (Wildman–Crippen MR) is 100.0 cm³/mol. The Kier molecular flexibility index (Phi) is 4.18. The molecule has 0 fully saturated rings. The van der Waals surface area contributed by atoms with E-state index in [0.717, 1.165) is 0 Å². The normalized spacial score (nSPS) is 11.4. The largest absolute Gasteiger partial charge is 0.481 e. The van der Waals surface area contributed by atoms with Gasteiger partial charge in [-0.25, -0.2) is 18.6 Å². The number of hydrogen-bond acceptors (Lipinski definition) is 4. The third kappa shape index (κ3) is 2.78. The van der Waals surface area contributed by atoms with Crippen molar-refractivity contribution in [3.05, 3.63) is 62.6 Å². The van der Waals surface area contributed by atoms with Crippen molar-refractivity contribution in [1.29, 1.82) is 0 Å². The number of halogens is 3. The molecule has 3 heterocycles. The number of pyridine rings is 2. The smallest absolute Gasteiger partial charge is 0.329 e. The predicted octanol–water partition coefficient (Wildman–Crippen LogP) is 3.38. The highest BCUT2D eigenvalue weighted by Gasteiger charge is 2.19. The number of aromatic nitrogens is 4. The van der Waals surface area contributed by atoms with E-state index in [2.05, 4.69) is 25.9 Å². The van der Waals surface area contributed by atoms with Gasteiger partial charge in [-0.1, -0.05) is 15.9 Å². The second-order valence-corrected chi connectivity index (χ2v) is 6.91. The van der Waals surface area contributed by atoms with Crippen molar-refractivity contribution < 1.29 is 13.5 Å². The first-order valence-corrected chi connectivity index (χ1v) is 8.72. The Morgan fingerprint density at radius 1 is 1.22 bits per heavy atom. The summed E-state index contributed by atoms with van der Waals surface area (Å²) in [5.74, 6) is -1.09. The van der Waals surface area contributed by atoms with Crippen LogP contribution < -0.4 is 10.4 Å². The summed E-state index contributed by atoms with van der Waals surface area (Å²) in [6.07, 6.45) is 1.51. The molecule has 1 aromatic carbocycles. The van der Waals surface area contributed by atoms with Gasteiger partial charge in [0.25, 0.3) is 0 Å². The standard InChI is InChI=1S/C18H13BrF2N4O2/c1-24-14-7-22-17-10(3-4-15(23-17)27-2)16(14)25(18(24)26)8-11-12(20)5-9(19)6-13(11)21/h3-7H,8H2,1-2H3. The van der Waals surface area contributed by atoms with E-state index in [1.165, 1.54) is 34.6 Å². The van der Waals surface area contributed by atoms with Crippen molar-refractivity contribution in [2.24, 2.45) is 7.05 Å². The second-order valence-electron chi connectivity index (χ2n) is 5.99. The van der Waals surface area contributed by atoms with Crippen LogP contribution in [0.25, 0.3) is 22.1 Å². The third-order valence-electron chi connectivity index (χ3n) is 4.44. The van der Waals surface area contributed by atoms with Crippen molar-refractivity contribution in [3.8, 4) is 5.88 Å². The minimum absolute atomic E-state index is 0.195. The summed E-state index contributed by atoms with van der Waals surface area (Å²) in [7, 11) is 3.07. The number of hydrogen-bond donors (Lipinski definition) is 0. The first-order chi connectivity index (χ1) is 12.9. The number of ether oxygens (including phenoxy) is 1. The summed E-state index contributed by atoms with van der Waals surface area (Å²) >= 11 is 3.06. The molecule has 0 amide bonds. The van der Waals surface area contributed by atoms with E-state index in [1.54, 1.807) is 19.2 Å². The van der Waals surface area contributed by atoms with E-state index in [0.29, 0.717) is 27.9 Å². The number of rotatable bonds is 3. The molecule has 0 aliphatic carbocycles. The van der Waals surface area contributed by atoms with Crippen LogP contribution in [0.1, 0.15) is 5.56 Å². The van der Waals surface area contributed by atoms with Gasteiger partial charge in [0, 0.05) is 28.5 Å². The zero-order chi connectivity index (χ0) is 19.3. The van der Waals surface area contributed by atoms with Crippen LogP contribution in [0.4, 0.5) is 8.78 Å². The van der Waals surface area contributed by atoms with Gasteiger partial charge in [-0.3, -0.25) is 9.13 Å². The van der Waals surface area contributed by atoms with Gasteiger partial charge in [0.1, 0.15) is 11.6 Å². The highest BCUT2D eigenvalue weighted by molar-refractivity contribution is 9.10. The fourth-order valence-corrected chi connectivity index (χ4v) is 3.49. The van der Waals surface area contributed by atoms with Gasteiger partial charge < -0.3 is 4.74 Å². The number of imidazole rings is 1. The fourth-order valence-electron chi connectivity index (χ4n) is 3.09. The molecule has 27 heavy (non-hydrogen) atoms. The summed E-state index contributed by atoms with van der Waals surface area (Å²) in [6, 6.07) is 5.70. The molecule has 0 unspecified atom stereocenters. The summed E-state index contributed by atoms with van der Waals surface area (Å²) < 4.78 is 36.7. The van der Waals surface area contributed by atoms with E-state index in [-0.39, 0.29) is 16.6 Å². The number of methoxy groups -OCH3 is 1. The van der Waals surface area contributed by atoms with Gasteiger partial charge >= 0.3 is 5.69 Å². The van der Waals surface area contributed by atoms with Crippen LogP contribution in [-0.2, 0) is 13.6 Å². The molecule has 0 N–H and O–H groups in total. The SMILES string of the molecule is COc1ccc2c(ncc3c2n(Cc2c(F)cc(Br)cc2F)c(=O)n3C)n1. The van der Waals surface area contributed by atoms with Gasteiger partial charge in [0.05, 0.1) is 30.9 Å². The fraction of sp³-hybridized carbons (Fsp3) is 0.167. The summed E-state index contributed by atoms with van der Waals surface area (Å²) in [5, 5.41) is 0.587. The van der Waals surface area contributed by atoms with Crippen LogP contribution in [0.2, 0.25) is 0 Å². The monoisotopic (exact) mass is 434 g/mol. The molecule has 0 saturated heterocycles. The van der Waals surface area contributed by atoms with Crippen LogP contribution in [-0.4, -0.2) is 26.2 Å². The molecule has 9 heteroatoms. The van der Waals surface area contributed by atoms with E-state index < -0.39 is 17.3 Å². The number of fused-ring (bicyclic) bond motifs is 3.